The van der Waals surface area contributed by atoms with Gasteiger partial charge in [-0.3, -0.25) is 9.78 Å². The van der Waals surface area contributed by atoms with E-state index in [0.29, 0.717) is 0 Å². The predicted octanol–water partition coefficient (Wildman–Crippen LogP) is 0.478. The van der Waals surface area contributed by atoms with Gasteiger partial charge in [-0.2, -0.15) is 0 Å². The van der Waals surface area contributed by atoms with Crippen LogP contribution in [0.2, 0.25) is 0 Å². The summed E-state index contributed by atoms with van der Waals surface area (Å²) in [5.41, 5.74) is 6.42. The van der Waals surface area contributed by atoms with Crippen molar-refractivity contribution >= 4 is 5.91 Å². The van der Waals surface area contributed by atoms with Crippen LogP contribution in [0.25, 0.3) is 0 Å². The Balaban J connectivity index is 2.30. The molecule has 1 rings (SSSR count). The Labute approximate surface area is 89.9 Å². The van der Waals surface area contributed by atoms with Crippen LogP contribution in [0.5, 0.6) is 0 Å². The molecule has 1 heterocycles. The van der Waals surface area contributed by atoms with E-state index in [2.05, 4.69) is 10.3 Å². The molecule has 1 aromatic heterocycles. The van der Waals surface area contributed by atoms with Gasteiger partial charge in [0, 0.05) is 12.4 Å². The van der Waals surface area contributed by atoms with Gasteiger partial charge in [0.05, 0.1) is 6.04 Å². The van der Waals surface area contributed by atoms with E-state index >= 15 is 0 Å². The number of amides is 1. The van der Waals surface area contributed by atoms with Crippen molar-refractivity contribution in [1.82, 2.24) is 10.3 Å². The first-order valence-electron chi connectivity index (χ1n) is 5.15. The smallest absolute Gasteiger partial charge is 0.234 e. The molecule has 0 fully saturated rings. The number of nitrogens with zero attached hydrogens (tertiary/aromatic N) is 1. The molecule has 82 valence electrons. The van der Waals surface area contributed by atoms with E-state index in [9.17, 15) is 4.79 Å². The third-order valence-electron chi connectivity index (χ3n) is 2.31. The maximum atomic E-state index is 10.9. The van der Waals surface area contributed by atoms with Crippen LogP contribution in [0.3, 0.4) is 0 Å². The molecule has 1 unspecified atom stereocenters. The van der Waals surface area contributed by atoms with E-state index in [1.54, 1.807) is 12.4 Å². The largest absolute Gasteiger partial charge is 0.368 e. The number of carbonyl (C=O) groups excluding carboxylic acids is 1. The van der Waals surface area contributed by atoms with Gasteiger partial charge in [-0.05, 0) is 37.1 Å². The Kier molecular flexibility index (Phi) is 4.77. The van der Waals surface area contributed by atoms with Crippen molar-refractivity contribution in [2.75, 3.05) is 6.54 Å². The molecular weight excluding hydrogens is 190 g/mol. The molecule has 0 saturated heterocycles. The second kappa shape index (κ2) is 6.14. The lowest BCUT2D eigenvalue weighted by Crippen LogP contribution is -2.41. The van der Waals surface area contributed by atoms with E-state index in [4.69, 9.17) is 5.73 Å². The average Bonchev–Trinajstić information content (AvgIpc) is 2.25. The third kappa shape index (κ3) is 4.08. The third-order valence-corrected chi connectivity index (χ3v) is 2.31. The molecule has 0 bridgehead atoms. The van der Waals surface area contributed by atoms with Gasteiger partial charge >= 0.3 is 0 Å². The van der Waals surface area contributed by atoms with E-state index in [-0.39, 0.29) is 11.9 Å². The van der Waals surface area contributed by atoms with Crippen LogP contribution in [-0.4, -0.2) is 23.5 Å². The highest BCUT2D eigenvalue weighted by Gasteiger charge is 2.10. The van der Waals surface area contributed by atoms with Crippen molar-refractivity contribution in [1.29, 1.82) is 0 Å². The Bertz CT molecular complexity index is 300. The van der Waals surface area contributed by atoms with Crippen LogP contribution in [0, 0.1) is 0 Å². The van der Waals surface area contributed by atoms with Gasteiger partial charge in [-0.25, -0.2) is 0 Å². The molecule has 0 aliphatic heterocycles. The normalized spacial score (nSPS) is 12.3. The summed E-state index contributed by atoms with van der Waals surface area (Å²) in [5.74, 6) is -0.285. The van der Waals surface area contributed by atoms with Gasteiger partial charge in [0.15, 0.2) is 0 Å². The van der Waals surface area contributed by atoms with Crippen molar-refractivity contribution in [3.05, 3.63) is 30.1 Å². The Morgan fingerprint density at radius 2 is 2.20 bits per heavy atom. The number of nitrogens with one attached hydrogen (secondary N) is 1. The maximum absolute atomic E-state index is 10.9. The zero-order chi connectivity index (χ0) is 11.1. The molecule has 4 nitrogen and oxygen atoms in total. The molecule has 0 saturated carbocycles. The fourth-order valence-electron chi connectivity index (χ4n) is 1.39. The Morgan fingerprint density at radius 1 is 1.53 bits per heavy atom. The van der Waals surface area contributed by atoms with Crippen LogP contribution in [0.1, 0.15) is 18.9 Å². The SMILES string of the molecule is CCC(NCCc1ccncc1)C(N)=O. The monoisotopic (exact) mass is 207 g/mol. The lowest BCUT2D eigenvalue weighted by molar-refractivity contribution is -0.120. The molecule has 15 heavy (non-hydrogen) atoms. The standard InChI is InChI=1S/C11H17N3O/c1-2-10(11(12)15)14-8-5-9-3-6-13-7-4-9/h3-4,6-7,10,14H,2,5,8H2,1H3,(H2,12,15). The van der Waals surface area contributed by atoms with Gasteiger partial charge in [-0.1, -0.05) is 6.92 Å². The molecule has 1 amide bonds. The van der Waals surface area contributed by atoms with E-state index in [0.717, 1.165) is 19.4 Å². The lowest BCUT2D eigenvalue weighted by atomic mass is 10.1. The number of aromatic nitrogens is 1. The highest BCUT2D eigenvalue weighted by Crippen LogP contribution is 1.97. The van der Waals surface area contributed by atoms with Gasteiger partial charge in [0.1, 0.15) is 0 Å². The number of nitrogens with two attached hydrogens (primary N) is 1. The second-order valence-electron chi connectivity index (χ2n) is 3.42. The summed E-state index contributed by atoms with van der Waals surface area (Å²) >= 11 is 0. The number of hydrogen-bond donors (Lipinski definition) is 2. The number of carbonyl (C=O) groups is 1. The number of rotatable bonds is 6. The molecule has 3 N–H and O–H groups in total. The minimum Gasteiger partial charge on any atom is -0.368 e. The van der Waals surface area contributed by atoms with Crippen LogP contribution < -0.4 is 11.1 Å². The predicted molar refractivity (Wildman–Crippen MR) is 59.2 cm³/mol. The molecule has 0 aliphatic rings. The van der Waals surface area contributed by atoms with Gasteiger partial charge in [0.25, 0.3) is 0 Å². The summed E-state index contributed by atoms with van der Waals surface area (Å²) in [4.78, 5) is 14.9. The van der Waals surface area contributed by atoms with Crippen LogP contribution >= 0.6 is 0 Å². The summed E-state index contributed by atoms with van der Waals surface area (Å²) in [6.07, 6.45) is 5.14. The summed E-state index contributed by atoms with van der Waals surface area (Å²) in [6, 6.07) is 3.71. The Hall–Kier alpha value is -1.42. The minimum atomic E-state index is -0.285. The first-order valence-corrected chi connectivity index (χ1v) is 5.15. The molecule has 0 radical (unpaired) electrons. The summed E-state index contributed by atoms with van der Waals surface area (Å²) in [6.45, 7) is 2.69. The van der Waals surface area contributed by atoms with E-state index < -0.39 is 0 Å². The van der Waals surface area contributed by atoms with Crippen LogP contribution in [0.15, 0.2) is 24.5 Å². The quantitative estimate of drug-likeness (QED) is 0.713. The molecule has 4 heteroatoms. The first-order chi connectivity index (χ1) is 7.24. The van der Waals surface area contributed by atoms with Crippen molar-refractivity contribution < 1.29 is 4.79 Å². The fraction of sp³-hybridized carbons (Fsp3) is 0.455. The molecule has 1 atom stereocenters. The summed E-state index contributed by atoms with van der Waals surface area (Å²) in [5, 5.41) is 3.12. The van der Waals surface area contributed by atoms with Crippen molar-refractivity contribution in [3.8, 4) is 0 Å². The zero-order valence-electron chi connectivity index (χ0n) is 8.94. The molecular formula is C11H17N3O. The maximum Gasteiger partial charge on any atom is 0.234 e. The average molecular weight is 207 g/mol. The summed E-state index contributed by atoms with van der Waals surface area (Å²) < 4.78 is 0. The van der Waals surface area contributed by atoms with Gasteiger partial charge in [0.2, 0.25) is 5.91 Å². The molecule has 0 aliphatic carbocycles. The van der Waals surface area contributed by atoms with Crippen LogP contribution in [-0.2, 0) is 11.2 Å². The van der Waals surface area contributed by atoms with E-state index in [1.807, 2.05) is 19.1 Å². The second-order valence-corrected chi connectivity index (χ2v) is 3.42. The van der Waals surface area contributed by atoms with Gasteiger partial charge < -0.3 is 11.1 Å². The zero-order valence-corrected chi connectivity index (χ0v) is 8.94. The first kappa shape index (κ1) is 11.7. The molecule has 1 aromatic rings. The molecule has 0 spiro atoms. The number of hydrogen-bond acceptors (Lipinski definition) is 3. The van der Waals surface area contributed by atoms with Crippen LogP contribution in [0.4, 0.5) is 0 Å². The highest BCUT2D eigenvalue weighted by atomic mass is 16.1. The summed E-state index contributed by atoms with van der Waals surface area (Å²) in [7, 11) is 0. The van der Waals surface area contributed by atoms with Crippen molar-refractivity contribution in [3.63, 3.8) is 0 Å². The van der Waals surface area contributed by atoms with Crippen molar-refractivity contribution in [2.45, 2.75) is 25.8 Å². The van der Waals surface area contributed by atoms with Gasteiger partial charge in [-0.15, -0.1) is 0 Å². The minimum absolute atomic E-state index is 0.216. The molecule has 0 aromatic carbocycles. The number of pyridine rings is 1. The van der Waals surface area contributed by atoms with E-state index in [1.165, 1.54) is 5.56 Å². The van der Waals surface area contributed by atoms with Crippen molar-refractivity contribution in [2.24, 2.45) is 5.73 Å². The fourth-order valence-corrected chi connectivity index (χ4v) is 1.39. The number of primary amides is 1. The lowest BCUT2D eigenvalue weighted by Gasteiger charge is -2.12. The highest BCUT2D eigenvalue weighted by molar-refractivity contribution is 5.79. The topological polar surface area (TPSA) is 68.0 Å². The Morgan fingerprint density at radius 3 is 2.73 bits per heavy atom.